The molecule has 0 N–H and O–H groups in total. The zero-order chi connectivity index (χ0) is 20.1. The molecule has 0 aliphatic heterocycles. The van der Waals surface area contributed by atoms with Gasteiger partial charge in [-0.2, -0.15) is 5.10 Å². The van der Waals surface area contributed by atoms with Crippen molar-refractivity contribution >= 4 is 16.9 Å². The maximum absolute atomic E-state index is 13.0. The molecule has 0 saturated carbocycles. The van der Waals surface area contributed by atoms with Crippen LogP contribution in [0.1, 0.15) is 38.9 Å². The lowest BCUT2D eigenvalue weighted by Gasteiger charge is -2.21. The molecule has 7 nitrogen and oxygen atoms in total. The first-order valence-electron chi connectivity index (χ1n) is 9.85. The van der Waals surface area contributed by atoms with E-state index in [1.807, 2.05) is 42.2 Å². The molecule has 28 heavy (non-hydrogen) atoms. The molecular formula is C21H27N5O2. The molecule has 1 aromatic carbocycles. The van der Waals surface area contributed by atoms with Crippen LogP contribution in [0, 0.1) is 6.92 Å². The summed E-state index contributed by atoms with van der Waals surface area (Å²) in [5.41, 5.74) is 1.23. The fourth-order valence-corrected chi connectivity index (χ4v) is 3.30. The number of carbonyl (C=O) groups excluding carboxylic acids is 1. The molecule has 2 heterocycles. The van der Waals surface area contributed by atoms with Crippen LogP contribution in [0.2, 0.25) is 0 Å². The van der Waals surface area contributed by atoms with Crippen LogP contribution >= 0.6 is 0 Å². The second kappa shape index (κ2) is 8.82. The van der Waals surface area contributed by atoms with Crippen molar-refractivity contribution in [1.29, 1.82) is 0 Å². The van der Waals surface area contributed by atoms with Crippen LogP contribution in [0.5, 0.6) is 0 Å². The van der Waals surface area contributed by atoms with E-state index in [-0.39, 0.29) is 17.9 Å². The average molecular weight is 381 g/mol. The van der Waals surface area contributed by atoms with Crippen LogP contribution in [0.3, 0.4) is 0 Å². The van der Waals surface area contributed by atoms with Crippen LogP contribution in [0.25, 0.3) is 16.7 Å². The van der Waals surface area contributed by atoms with Gasteiger partial charge < -0.3 is 4.90 Å². The highest BCUT2D eigenvalue weighted by Gasteiger charge is 2.16. The van der Waals surface area contributed by atoms with Gasteiger partial charge in [0.05, 0.1) is 11.9 Å². The van der Waals surface area contributed by atoms with Gasteiger partial charge in [0.1, 0.15) is 11.2 Å². The van der Waals surface area contributed by atoms with Crippen molar-refractivity contribution in [2.24, 2.45) is 0 Å². The summed E-state index contributed by atoms with van der Waals surface area (Å²) in [5.74, 6) is 0.655. The van der Waals surface area contributed by atoms with Gasteiger partial charge in [0, 0.05) is 26.1 Å². The number of para-hydroxylation sites is 1. The summed E-state index contributed by atoms with van der Waals surface area (Å²) in [4.78, 5) is 31.9. The Hall–Kier alpha value is -2.96. The zero-order valence-corrected chi connectivity index (χ0v) is 16.8. The van der Waals surface area contributed by atoms with Gasteiger partial charge in [0.15, 0.2) is 5.65 Å². The highest BCUT2D eigenvalue weighted by molar-refractivity contribution is 5.77. The number of aryl methyl sites for hydroxylation is 1. The predicted molar refractivity (Wildman–Crippen MR) is 110 cm³/mol. The van der Waals surface area contributed by atoms with Crippen molar-refractivity contribution in [1.82, 2.24) is 24.2 Å². The van der Waals surface area contributed by atoms with Gasteiger partial charge in [-0.05, 0) is 32.4 Å². The number of fused-ring (bicyclic) bond motifs is 1. The SMILES string of the molecule is CCCCN(CC)C(=O)CCn1c(C)nc2c(cnn2-c2ccccc2)c1=O. The Kier molecular flexibility index (Phi) is 6.23. The van der Waals surface area contributed by atoms with Crippen LogP contribution < -0.4 is 5.56 Å². The Morgan fingerprint density at radius 1 is 1.18 bits per heavy atom. The first kappa shape index (κ1) is 19.8. The summed E-state index contributed by atoms with van der Waals surface area (Å²) < 4.78 is 3.24. The molecule has 7 heteroatoms. The summed E-state index contributed by atoms with van der Waals surface area (Å²) in [5, 5.41) is 4.80. The third-order valence-corrected chi connectivity index (χ3v) is 4.94. The highest BCUT2D eigenvalue weighted by Crippen LogP contribution is 2.14. The number of unbranched alkanes of at least 4 members (excludes halogenated alkanes) is 1. The maximum atomic E-state index is 13.0. The first-order valence-corrected chi connectivity index (χ1v) is 9.85. The molecule has 0 unspecified atom stereocenters. The minimum absolute atomic E-state index is 0.0716. The Labute approximate surface area is 164 Å². The quantitative estimate of drug-likeness (QED) is 0.601. The first-order chi connectivity index (χ1) is 13.6. The number of benzene rings is 1. The Bertz CT molecular complexity index is 1010. The number of hydrogen-bond acceptors (Lipinski definition) is 4. The molecule has 0 aliphatic carbocycles. The molecule has 0 saturated heterocycles. The van der Waals surface area contributed by atoms with Crippen molar-refractivity contribution in [3.8, 4) is 5.69 Å². The molecular weight excluding hydrogens is 354 g/mol. The lowest BCUT2D eigenvalue weighted by Crippen LogP contribution is -2.34. The molecule has 3 aromatic rings. The number of rotatable bonds is 8. The van der Waals surface area contributed by atoms with Gasteiger partial charge >= 0.3 is 0 Å². The predicted octanol–water partition coefficient (Wildman–Crippen LogP) is 2.93. The summed E-state index contributed by atoms with van der Waals surface area (Å²) in [6.07, 6.45) is 3.88. The average Bonchev–Trinajstić information content (AvgIpc) is 3.13. The topological polar surface area (TPSA) is 73.0 Å². The normalized spacial score (nSPS) is 11.1. The number of carbonyl (C=O) groups is 1. The minimum Gasteiger partial charge on any atom is -0.343 e. The number of amides is 1. The standard InChI is InChI=1S/C21H27N5O2/c1-4-6-13-24(5-2)19(27)12-14-25-16(3)23-20-18(21(25)28)15-22-26(20)17-10-8-7-9-11-17/h7-11,15H,4-6,12-14H2,1-3H3. The maximum Gasteiger partial charge on any atom is 0.264 e. The largest absolute Gasteiger partial charge is 0.343 e. The monoisotopic (exact) mass is 381 g/mol. The lowest BCUT2D eigenvalue weighted by molar-refractivity contribution is -0.131. The summed E-state index contributed by atoms with van der Waals surface area (Å²) >= 11 is 0. The third kappa shape index (κ3) is 3.98. The van der Waals surface area contributed by atoms with E-state index in [0.717, 1.165) is 25.1 Å². The zero-order valence-electron chi connectivity index (χ0n) is 16.8. The Morgan fingerprint density at radius 3 is 2.61 bits per heavy atom. The molecule has 0 fully saturated rings. The van der Waals surface area contributed by atoms with E-state index >= 15 is 0 Å². The van der Waals surface area contributed by atoms with Crippen LogP contribution in [0.4, 0.5) is 0 Å². The molecule has 0 aliphatic rings. The Morgan fingerprint density at radius 2 is 1.93 bits per heavy atom. The molecule has 3 rings (SSSR count). The minimum atomic E-state index is -0.158. The highest BCUT2D eigenvalue weighted by atomic mass is 16.2. The Balaban J connectivity index is 1.85. The van der Waals surface area contributed by atoms with Crippen molar-refractivity contribution in [3.05, 3.63) is 52.7 Å². The molecule has 0 radical (unpaired) electrons. The van der Waals surface area contributed by atoms with Crippen molar-refractivity contribution in [2.45, 2.75) is 46.6 Å². The third-order valence-electron chi connectivity index (χ3n) is 4.94. The van der Waals surface area contributed by atoms with Gasteiger partial charge in [-0.1, -0.05) is 31.5 Å². The summed E-state index contributed by atoms with van der Waals surface area (Å²) in [6, 6.07) is 9.60. The van der Waals surface area contributed by atoms with E-state index in [4.69, 9.17) is 0 Å². The van der Waals surface area contributed by atoms with Crippen LogP contribution in [0.15, 0.2) is 41.3 Å². The van der Waals surface area contributed by atoms with Crippen LogP contribution in [-0.4, -0.2) is 43.2 Å². The van der Waals surface area contributed by atoms with Gasteiger partial charge in [0.2, 0.25) is 5.91 Å². The molecule has 0 atom stereocenters. The van der Waals surface area contributed by atoms with E-state index in [1.54, 1.807) is 22.4 Å². The second-order valence-corrected chi connectivity index (χ2v) is 6.82. The molecule has 0 spiro atoms. The van der Waals surface area contributed by atoms with Crippen molar-refractivity contribution in [2.75, 3.05) is 13.1 Å². The number of hydrogen-bond donors (Lipinski definition) is 0. The fraction of sp³-hybridized carbons (Fsp3) is 0.429. The van der Waals surface area contributed by atoms with Gasteiger partial charge in [-0.25, -0.2) is 9.67 Å². The van der Waals surface area contributed by atoms with E-state index in [9.17, 15) is 9.59 Å². The molecule has 148 valence electrons. The van der Waals surface area contributed by atoms with E-state index < -0.39 is 0 Å². The van der Waals surface area contributed by atoms with Crippen LogP contribution in [-0.2, 0) is 11.3 Å². The van der Waals surface area contributed by atoms with Gasteiger partial charge in [0.25, 0.3) is 5.56 Å². The lowest BCUT2D eigenvalue weighted by atomic mass is 10.2. The number of aromatic nitrogens is 4. The van der Waals surface area contributed by atoms with Crippen molar-refractivity contribution < 1.29 is 4.79 Å². The van der Waals surface area contributed by atoms with E-state index in [1.165, 1.54) is 0 Å². The molecule has 1 amide bonds. The van der Waals surface area contributed by atoms with E-state index in [0.29, 0.717) is 29.9 Å². The second-order valence-electron chi connectivity index (χ2n) is 6.82. The number of nitrogens with zero attached hydrogens (tertiary/aromatic N) is 5. The van der Waals surface area contributed by atoms with Gasteiger partial charge in [-0.3, -0.25) is 14.2 Å². The molecule has 0 bridgehead atoms. The molecule has 2 aromatic heterocycles. The fourth-order valence-electron chi connectivity index (χ4n) is 3.30. The van der Waals surface area contributed by atoms with Gasteiger partial charge in [-0.15, -0.1) is 0 Å². The van der Waals surface area contributed by atoms with E-state index in [2.05, 4.69) is 17.0 Å². The smallest absolute Gasteiger partial charge is 0.264 e. The van der Waals surface area contributed by atoms with Crippen molar-refractivity contribution in [3.63, 3.8) is 0 Å². The summed E-state index contributed by atoms with van der Waals surface area (Å²) in [6.45, 7) is 7.66. The summed E-state index contributed by atoms with van der Waals surface area (Å²) in [7, 11) is 0.